The third kappa shape index (κ3) is 3.96. The number of carbonyl (C=O) groups is 1. The molecule has 1 aromatic heterocycles. The van der Waals surface area contributed by atoms with Crippen molar-refractivity contribution in [1.29, 1.82) is 0 Å². The van der Waals surface area contributed by atoms with E-state index in [-0.39, 0.29) is 11.5 Å². The SMILES string of the molecule is O=C(CCC1CCNCC1)Nc1ccc(=O)[nH]n1. The van der Waals surface area contributed by atoms with Gasteiger partial charge in [-0.2, -0.15) is 5.10 Å². The summed E-state index contributed by atoms with van der Waals surface area (Å²) in [6.45, 7) is 2.10. The molecule has 6 nitrogen and oxygen atoms in total. The molecule has 1 aliphatic heterocycles. The Morgan fingerprint density at radius 1 is 1.39 bits per heavy atom. The van der Waals surface area contributed by atoms with Crippen LogP contribution in [0.1, 0.15) is 25.7 Å². The predicted molar refractivity (Wildman–Crippen MR) is 68.3 cm³/mol. The predicted octanol–water partition coefficient (Wildman–Crippen LogP) is 0.488. The van der Waals surface area contributed by atoms with Crippen LogP contribution in [0.5, 0.6) is 0 Å². The molecule has 3 N–H and O–H groups in total. The second kappa shape index (κ2) is 6.30. The maximum absolute atomic E-state index is 11.7. The average molecular weight is 250 g/mol. The van der Waals surface area contributed by atoms with E-state index in [0.717, 1.165) is 32.4 Å². The Bertz CT molecular complexity index is 431. The quantitative estimate of drug-likeness (QED) is 0.725. The van der Waals surface area contributed by atoms with Crippen LogP contribution < -0.4 is 16.2 Å². The van der Waals surface area contributed by atoms with E-state index in [4.69, 9.17) is 0 Å². The van der Waals surface area contributed by atoms with E-state index < -0.39 is 0 Å². The van der Waals surface area contributed by atoms with E-state index in [9.17, 15) is 9.59 Å². The zero-order valence-corrected chi connectivity index (χ0v) is 10.2. The Hall–Kier alpha value is -1.69. The zero-order chi connectivity index (χ0) is 12.8. The molecule has 6 heteroatoms. The van der Waals surface area contributed by atoms with Crippen LogP contribution in [0.2, 0.25) is 0 Å². The fourth-order valence-electron chi connectivity index (χ4n) is 2.13. The van der Waals surface area contributed by atoms with Crippen molar-refractivity contribution in [2.45, 2.75) is 25.7 Å². The summed E-state index contributed by atoms with van der Waals surface area (Å²) in [5.41, 5.74) is -0.275. The van der Waals surface area contributed by atoms with Crippen molar-refractivity contribution in [2.24, 2.45) is 5.92 Å². The Kier molecular flexibility index (Phi) is 4.46. The maximum Gasteiger partial charge on any atom is 0.264 e. The summed E-state index contributed by atoms with van der Waals surface area (Å²) in [4.78, 5) is 22.5. The Morgan fingerprint density at radius 3 is 2.83 bits per heavy atom. The first-order chi connectivity index (χ1) is 8.74. The van der Waals surface area contributed by atoms with Crippen LogP contribution in [-0.4, -0.2) is 29.2 Å². The van der Waals surface area contributed by atoms with Gasteiger partial charge in [0.1, 0.15) is 0 Å². The summed E-state index contributed by atoms with van der Waals surface area (Å²) >= 11 is 0. The van der Waals surface area contributed by atoms with E-state index in [2.05, 4.69) is 20.8 Å². The van der Waals surface area contributed by atoms with Gasteiger partial charge in [0.15, 0.2) is 5.82 Å². The number of amides is 1. The van der Waals surface area contributed by atoms with Crippen molar-refractivity contribution < 1.29 is 4.79 Å². The van der Waals surface area contributed by atoms with Crippen molar-refractivity contribution in [3.63, 3.8) is 0 Å². The largest absolute Gasteiger partial charge is 0.317 e. The van der Waals surface area contributed by atoms with Gasteiger partial charge >= 0.3 is 0 Å². The van der Waals surface area contributed by atoms with Gasteiger partial charge in [0.05, 0.1) is 0 Å². The van der Waals surface area contributed by atoms with E-state index in [0.29, 0.717) is 18.2 Å². The molecule has 0 radical (unpaired) electrons. The molecule has 0 spiro atoms. The summed E-state index contributed by atoms with van der Waals surface area (Å²) in [5, 5.41) is 12.0. The van der Waals surface area contributed by atoms with Gasteiger partial charge in [0.25, 0.3) is 5.56 Å². The fraction of sp³-hybridized carbons (Fsp3) is 0.583. The van der Waals surface area contributed by atoms with Gasteiger partial charge in [-0.1, -0.05) is 0 Å². The summed E-state index contributed by atoms with van der Waals surface area (Å²) in [6, 6.07) is 2.84. The molecule has 0 unspecified atom stereocenters. The number of carbonyl (C=O) groups excluding carboxylic acids is 1. The highest BCUT2D eigenvalue weighted by atomic mass is 16.1. The number of rotatable bonds is 4. The van der Waals surface area contributed by atoms with Gasteiger partial charge in [0.2, 0.25) is 5.91 Å². The lowest BCUT2D eigenvalue weighted by molar-refractivity contribution is -0.116. The third-order valence-electron chi connectivity index (χ3n) is 3.18. The van der Waals surface area contributed by atoms with E-state index in [1.165, 1.54) is 12.1 Å². The minimum Gasteiger partial charge on any atom is -0.317 e. The van der Waals surface area contributed by atoms with Gasteiger partial charge in [-0.3, -0.25) is 9.59 Å². The molecule has 18 heavy (non-hydrogen) atoms. The smallest absolute Gasteiger partial charge is 0.264 e. The molecule has 2 rings (SSSR count). The van der Waals surface area contributed by atoms with Crippen LogP contribution in [0.15, 0.2) is 16.9 Å². The number of aromatic amines is 1. The van der Waals surface area contributed by atoms with Crippen molar-refractivity contribution in [1.82, 2.24) is 15.5 Å². The monoisotopic (exact) mass is 250 g/mol. The molecule has 1 aromatic rings. The minimum atomic E-state index is -0.275. The second-order valence-corrected chi connectivity index (χ2v) is 4.59. The van der Waals surface area contributed by atoms with E-state index in [1.54, 1.807) is 0 Å². The second-order valence-electron chi connectivity index (χ2n) is 4.59. The summed E-state index contributed by atoms with van der Waals surface area (Å²) in [7, 11) is 0. The Balaban J connectivity index is 1.74. The van der Waals surface area contributed by atoms with Crippen molar-refractivity contribution in [3.05, 3.63) is 22.5 Å². The first-order valence-corrected chi connectivity index (χ1v) is 6.30. The molecular weight excluding hydrogens is 232 g/mol. The lowest BCUT2D eigenvalue weighted by Crippen LogP contribution is -2.28. The molecule has 1 aliphatic rings. The summed E-state index contributed by atoms with van der Waals surface area (Å²) < 4.78 is 0. The van der Waals surface area contributed by atoms with Crippen molar-refractivity contribution in [3.8, 4) is 0 Å². The molecular formula is C12H18N4O2. The Morgan fingerprint density at radius 2 is 2.17 bits per heavy atom. The van der Waals surface area contributed by atoms with Gasteiger partial charge in [-0.05, 0) is 44.3 Å². The van der Waals surface area contributed by atoms with Crippen molar-refractivity contribution in [2.75, 3.05) is 18.4 Å². The Labute approximate surface area is 105 Å². The van der Waals surface area contributed by atoms with Gasteiger partial charge < -0.3 is 10.6 Å². The highest BCUT2D eigenvalue weighted by Crippen LogP contribution is 2.17. The van der Waals surface area contributed by atoms with Crippen LogP contribution >= 0.6 is 0 Å². The molecule has 0 atom stereocenters. The fourth-order valence-corrected chi connectivity index (χ4v) is 2.13. The van der Waals surface area contributed by atoms with Crippen LogP contribution in [0.3, 0.4) is 0 Å². The van der Waals surface area contributed by atoms with Crippen molar-refractivity contribution >= 4 is 11.7 Å². The number of aromatic nitrogens is 2. The van der Waals surface area contributed by atoms with Gasteiger partial charge in [0, 0.05) is 12.5 Å². The number of nitrogens with zero attached hydrogens (tertiary/aromatic N) is 1. The number of nitrogens with one attached hydrogen (secondary N) is 3. The van der Waals surface area contributed by atoms with Crippen LogP contribution in [0.25, 0.3) is 0 Å². The van der Waals surface area contributed by atoms with Crippen LogP contribution in [0, 0.1) is 5.92 Å². The molecule has 0 aliphatic carbocycles. The van der Waals surface area contributed by atoms with Gasteiger partial charge in [-0.15, -0.1) is 0 Å². The lowest BCUT2D eigenvalue weighted by atomic mass is 9.93. The third-order valence-corrected chi connectivity index (χ3v) is 3.18. The number of hydrogen-bond donors (Lipinski definition) is 3. The minimum absolute atomic E-state index is 0.0481. The highest BCUT2D eigenvalue weighted by molar-refractivity contribution is 5.89. The van der Waals surface area contributed by atoms with Gasteiger partial charge in [-0.25, -0.2) is 5.10 Å². The lowest BCUT2D eigenvalue weighted by Gasteiger charge is -2.22. The number of hydrogen-bond acceptors (Lipinski definition) is 4. The maximum atomic E-state index is 11.7. The first-order valence-electron chi connectivity index (χ1n) is 6.30. The van der Waals surface area contributed by atoms with E-state index >= 15 is 0 Å². The topological polar surface area (TPSA) is 86.9 Å². The van der Waals surface area contributed by atoms with Crippen LogP contribution in [-0.2, 0) is 4.79 Å². The molecule has 98 valence electrons. The molecule has 1 saturated heterocycles. The molecule has 1 amide bonds. The normalized spacial score (nSPS) is 16.4. The van der Waals surface area contributed by atoms with Crippen LogP contribution in [0.4, 0.5) is 5.82 Å². The molecule has 2 heterocycles. The molecule has 0 bridgehead atoms. The summed E-state index contributed by atoms with van der Waals surface area (Å²) in [6.07, 6.45) is 3.71. The number of piperidine rings is 1. The molecule has 0 aromatic carbocycles. The van der Waals surface area contributed by atoms with E-state index in [1.807, 2.05) is 0 Å². The zero-order valence-electron chi connectivity index (χ0n) is 10.2. The standard InChI is InChI=1S/C12H18N4O2/c17-11(3-1-9-5-7-13-8-6-9)14-10-2-4-12(18)16-15-10/h2,4,9,13H,1,3,5-8H2,(H,16,18)(H,14,15,17). The molecule has 1 fully saturated rings. The molecule has 0 saturated carbocycles. The summed E-state index contributed by atoms with van der Waals surface area (Å²) in [5.74, 6) is 0.985. The highest BCUT2D eigenvalue weighted by Gasteiger charge is 2.14. The average Bonchev–Trinajstić information content (AvgIpc) is 2.40. The number of anilines is 1. The number of H-pyrrole nitrogens is 1. The first kappa shape index (κ1) is 12.8.